The number of ether oxygens (including phenoxy) is 1. The van der Waals surface area contributed by atoms with E-state index in [1.165, 1.54) is 18.9 Å². The summed E-state index contributed by atoms with van der Waals surface area (Å²) in [4.78, 5) is 22.2. The largest absolute Gasteiger partial charge is 0.465 e. The number of hydrogen-bond acceptors (Lipinski definition) is 4. The predicted octanol–water partition coefficient (Wildman–Crippen LogP) is 2.80. The van der Waals surface area contributed by atoms with Crippen molar-refractivity contribution in [3.8, 4) is 11.8 Å². The summed E-state index contributed by atoms with van der Waals surface area (Å²) >= 11 is 1.27. The van der Waals surface area contributed by atoms with Gasteiger partial charge >= 0.3 is 5.97 Å². The molecule has 0 N–H and O–H groups in total. The van der Waals surface area contributed by atoms with Crippen molar-refractivity contribution in [2.24, 2.45) is 0 Å². The number of rotatable bonds is 3. The van der Waals surface area contributed by atoms with E-state index in [-0.39, 0.29) is 11.1 Å². The van der Waals surface area contributed by atoms with Crippen LogP contribution in [0.1, 0.15) is 34.8 Å². The number of hydrogen-bond donors (Lipinski definition) is 0. The molecule has 4 heteroatoms. The molecule has 0 aliphatic carbocycles. The van der Waals surface area contributed by atoms with Gasteiger partial charge in [0.2, 0.25) is 0 Å². The van der Waals surface area contributed by atoms with E-state index in [1.807, 2.05) is 13.0 Å². The molecule has 100 valence electrons. The minimum atomic E-state index is -0.366. The summed E-state index contributed by atoms with van der Waals surface area (Å²) in [6.07, 6.45) is 0.645. The van der Waals surface area contributed by atoms with Crippen molar-refractivity contribution >= 4 is 22.8 Å². The van der Waals surface area contributed by atoms with Crippen LogP contribution in [0.5, 0.6) is 0 Å². The Hall–Kier alpha value is -1.73. The molecular weight excluding hydrogens is 260 g/mol. The second-order valence-corrected chi connectivity index (χ2v) is 5.18. The van der Waals surface area contributed by atoms with Crippen LogP contribution in [0.4, 0.5) is 0 Å². The molecule has 0 atom stereocenters. The van der Waals surface area contributed by atoms with Crippen LogP contribution >= 0.6 is 11.8 Å². The summed E-state index contributed by atoms with van der Waals surface area (Å²) in [5.74, 6) is 6.36. The van der Waals surface area contributed by atoms with Crippen LogP contribution in [0, 0.1) is 18.8 Å². The lowest BCUT2D eigenvalue weighted by Gasteiger charge is -2.02. The van der Waals surface area contributed by atoms with Crippen LogP contribution in [0.3, 0.4) is 0 Å². The minimum Gasteiger partial charge on any atom is -0.465 e. The van der Waals surface area contributed by atoms with Crippen molar-refractivity contribution in [1.82, 2.24) is 0 Å². The highest BCUT2D eigenvalue weighted by Gasteiger charge is 2.06. The number of thioether (sulfide) groups is 1. The first-order chi connectivity index (χ1) is 9.04. The molecule has 3 nitrogen and oxygen atoms in total. The standard InChI is InChI=1S/C15H16O3S/c1-11-7-8-14(15(17)18-3)10-13(11)6-4-5-9-19-12(2)16/h7-8,10H,5,9H2,1-3H3. The number of esters is 1. The van der Waals surface area contributed by atoms with E-state index in [0.29, 0.717) is 17.7 Å². The van der Waals surface area contributed by atoms with Crippen molar-refractivity contribution in [2.75, 3.05) is 12.9 Å². The molecule has 1 aromatic carbocycles. The minimum absolute atomic E-state index is 0.102. The molecule has 0 heterocycles. The van der Waals surface area contributed by atoms with Crippen LogP contribution in [-0.4, -0.2) is 23.9 Å². The van der Waals surface area contributed by atoms with Gasteiger partial charge in [-0.25, -0.2) is 4.79 Å². The molecule has 1 aromatic rings. The lowest BCUT2D eigenvalue weighted by Crippen LogP contribution is -2.01. The normalized spacial score (nSPS) is 9.42. The van der Waals surface area contributed by atoms with E-state index in [4.69, 9.17) is 0 Å². The maximum absolute atomic E-state index is 11.4. The highest BCUT2D eigenvalue weighted by Crippen LogP contribution is 2.11. The third-order valence-electron chi connectivity index (χ3n) is 2.41. The van der Waals surface area contributed by atoms with E-state index in [2.05, 4.69) is 16.6 Å². The Balaban J connectivity index is 2.74. The average molecular weight is 276 g/mol. The lowest BCUT2D eigenvalue weighted by molar-refractivity contribution is -0.109. The van der Waals surface area contributed by atoms with Crippen molar-refractivity contribution < 1.29 is 14.3 Å². The summed E-state index contributed by atoms with van der Waals surface area (Å²) in [6.45, 7) is 3.48. The van der Waals surface area contributed by atoms with Gasteiger partial charge in [-0.2, -0.15) is 0 Å². The van der Waals surface area contributed by atoms with Gasteiger partial charge in [0, 0.05) is 24.7 Å². The van der Waals surface area contributed by atoms with Gasteiger partial charge in [-0.1, -0.05) is 29.7 Å². The van der Waals surface area contributed by atoms with E-state index in [0.717, 1.165) is 11.1 Å². The molecule has 19 heavy (non-hydrogen) atoms. The zero-order valence-corrected chi connectivity index (χ0v) is 12.1. The van der Waals surface area contributed by atoms with Gasteiger partial charge in [0.15, 0.2) is 5.12 Å². The summed E-state index contributed by atoms with van der Waals surface area (Å²) in [7, 11) is 1.35. The van der Waals surface area contributed by atoms with Crippen molar-refractivity contribution in [3.05, 3.63) is 34.9 Å². The van der Waals surface area contributed by atoms with E-state index >= 15 is 0 Å². The zero-order valence-electron chi connectivity index (χ0n) is 11.3. The van der Waals surface area contributed by atoms with Crippen LogP contribution in [0.2, 0.25) is 0 Å². The molecule has 0 saturated heterocycles. The van der Waals surface area contributed by atoms with Crippen LogP contribution in [0.15, 0.2) is 18.2 Å². The maximum Gasteiger partial charge on any atom is 0.337 e. The molecule has 0 amide bonds. The van der Waals surface area contributed by atoms with Crippen LogP contribution in [0.25, 0.3) is 0 Å². The number of aryl methyl sites for hydroxylation is 1. The average Bonchev–Trinajstić information content (AvgIpc) is 2.39. The Kier molecular flexibility index (Phi) is 6.17. The molecule has 0 bridgehead atoms. The van der Waals surface area contributed by atoms with E-state index in [9.17, 15) is 9.59 Å². The highest BCUT2D eigenvalue weighted by atomic mass is 32.2. The number of carbonyl (C=O) groups excluding carboxylic acids is 2. The molecule has 0 saturated carbocycles. The maximum atomic E-state index is 11.4. The number of methoxy groups -OCH3 is 1. The lowest BCUT2D eigenvalue weighted by atomic mass is 10.1. The highest BCUT2D eigenvalue weighted by molar-refractivity contribution is 8.13. The van der Waals surface area contributed by atoms with Crippen molar-refractivity contribution in [1.29, 1.82) is 0 Å². The second-order valence-electron chi connectivity index (χ2n) is 3.91. The fourth-order valence-electron chi connectivity index (χ4n) is 1.41. The summed E-state index contributed by atoms with van der Waals surface area (Å²) in [5, 5.41) is 0.102. The van der Waals surface area contributed by atoms with Gasteiger partial charge in [-0.15, -0.1) is 0 Å². The fraction of sp³-hybridized carbons (Fsp3) is 0.333. The SMILES string of the molecule is COC(=O)c1ccc(C)c(C#CCCSC(C)=O)c1. The van der Waals surface area contributed by atoms with Gasteiger partial charge in [0.1, 0.15) is 0 Å². The monoisotopic (exact) mass is 276 g/mol. The Morgan fingerprint density at radius 3 is 2.74 bits per heavy atom. The smallest absolute Gasteiger partial charge is 0.337 e. The molecule has 0 unspecified atom stereocenters. The third-order valence-corrected chi connectivity index (χ3v) is 3.23. The molecule has 0 fully saturated rings. The van der Waals surface area contributed by atoms with Gasteiger partial charge < -0.3 is 4.74 Å². The van der Waals surface area contributed by atoms with Crippen LogP contribution in [-0.2, 0) is 9.53 Å². The number of benzene rings is 1. The second kappa shape index (κ2) is 7.65. The first kappa shape index (κ1) is 15.3. The summed E-state index contributed by atoms with van der Waals surface area (Å²) in [6, 6.07) is 5.30. The predicted molar refractivity (Wildman–Crippen MR) is 77.2 cm³/mol. The summed E-state index contributed by atoms with van der Waals surface area (Å²) in [5.41, 5.74) is 2.32. The Morgan fingerprint density at radius 2 is 2.11 bits per heavy atom. The van der Waals surface area contributed by atoms with Crippen molar-refractivity contribution in [3.63, 3.8) is 0 Å². The fourth-order valence-corrected chi connectivity index (χ4v) is 1.90. The molecule has 0 aliphatic heterocycles. The zero-order chi connectivity index (χ0) is 14.3. The van der Waals surface area contributed by atoms with E-state index in [1.54, 1.807) is 19.1 Å². The quantitative estimate of drug-likeness (QED) is 0.484. The van der Waals surface area contributed by atoms with Gasteiger partial charge in [0.05, 0.1) is 12.7 Å². The Labute approximate surface area is 117 Å². The Morgan fingerprint density at radius 1 is 1.37 bits per heavy atom. The molecular formula is C15H16O3S. The van der Waals surface area contributed by atoms with E-state index < -0.39 is 0 Å². The molecule has 1 rings (SSSR count). The van der Waals surface area contributed by atoms with Gasteiger partial charge in [-0.3, -0.25) is 4.79 Å². The topological polar surface area (TPSA) is 43.4 Å². The van der Waals surface area contributed by atoms with Crippen molar-refractivity contribution in [2.45, 2.75) is 20.3 Å². The van der Waals surface area contributed by atoms with Gasteiger partial charge in [-0.05, 0) is 24.6 Å². The first-order valence-electron chi connectivity index (χ1n) is 5.86. The van der Waals surface area contributed by atoms with Gasteiger partial charge in [0.25, 0.3) is 0 Å². The summed E-state index contributed by atoms with van der Waals surface area (Å²) < 4.78 is 4.67. The molecule has 0 radical (unpaired) electrons. The number of carbonyl (C=O) groups is 2. The third kappa shape index (κ3) is 5.19. The molecule has 0 spiro atoms. The Bertz CT molecular complexity index is 538. The molecule has 0 aliphatic rings. The molecule has 0 aromatic heterocycles. The first-order valence-corrected chi connectivity index (χ1v) is 6.84. The van der Waals surface area contributed by atoms with Crippen LogP contribution < -0.4 is 0 Å².